The Morgan fingerprint density at radius 1 is 1.20 bits per heavy atom. The first kappa shape index (κ1) is 19.7. The molecule has 2 rings (SSSR count). The molecule has 1 amide bonds. The molecule has 6 nitrogen and oxygen atoms in total. The molecule has 0 saturated carbocycles. The SMILES string of the molecule is CC(C)CNC(=O)CN1CCN(S(=O)(=O)c2cc(F)ccc2F)CC1. The molecular weight excluding hydrogens is 352 g/mol. The Morgan fingerprint density at radius 2 is 1.84 bits per heavy atom. The monoisotopic (exact) mass is 375 g/mol. The zero-order chi connectivity index (χ0) is 18.6. The van der Waals surface area contributed by atoms with E-state index in [4.69, 9.17) is 0 Å². The number of halogens is 2. The summed E-state index contributed by atoms with van der Waals surface area (Å²) in [5, 5.41) is 2.81. The summed E-state index contributed by atoms with van der Waals surface area (Å²) in [6.45, 7) is 5.72. The van der Waals surface area contributed by atoms with Crippen molar-refractivity contribution in [2.75, 3.05) is 39.3 Å². The molecule has 1 fully saturated rings. The van der Waals surface area contributed by atoms with E-state index in [0.717, 1.165) is 16.4 Å². The van der Waals surface area contributed by atoms with Crippen molar-refractivity contribution < 1.29 is 22.0 Å². The van der Waals surface area contributed by atoms with E-state index in [0.29, 0.717) is 31.6 Å². The molecule has 0 aliphatic carbocycles. The molecule has 140 valence electrons. The number of piperazine rings is 1. The second-order valence-electron chi connectivity index (χ2n) is 6.45. The summed E-state index contributed by atoms with van der Waals surface area (Å²) in [4.78, 5) is 13.0. The standard InChI is InChI=1S/C16H23F2N3O3S/c1-12(2)10-19-16(22)11-20-5-7-21(8-6-20)25(23,24)15-9-13(17)3-4-14(15)18/h3-4,9,12H,5-8,10-11H2,1-2H3,(H,19,22). The first-order chi connectivity index (χ1) is 11.7. The molecule has 9 heteroatoms. The van der Waals surface area contributed by atoms with Gasteiger partial charge < -0.3 is 5.32 Å². The fourth-order valence-electron chi connectivity index (χ4n) is 2.52. The van der Waals surface area contributed by atoms with Crippen LogP contribution in [0, 0.1) is 17.6 Å². The minimum Gasteiger partial charge on any atom is -0.355 e. The summed E-state index contributed by atoms with van der Waals surface area (Å²) in [5.74, 6) is -1.54. The number of nitrogens with zero attached hydrogens (tertiary/aromatic N) is 2. The maximum atomic E-state index is 13.8. The van der Waals surface area contributed by atoms with Crippen LogP contribution in [-0.4, -0.2) is 62.8 Å². The van der Waals surface area contributed by atoms with Crippen LogP contribution in [0.3, 0.4) is 0 Å². The number of hydrogen-bond donors (Lipinski definition) is 1. The van der Waals surface area contributed by atoms with Crippen molar-refractivity contribution in [2.45, 2.75) is 18.7 Å². The highest BCUT2D eigenvalue weighted by Gasteiger charge is 2.31. The molecule has 1 aliphatic heterocycles. The molecule has 1 aliphatic rings. The highest BCUT2D eigenvalue weighted by atomic mass is 32.2. The number of carbonyl (C=O) groups excluding carboxylic acids is 1. The largest absolute Gasteiger partial charge is 0.355 e. The first-order valence-electron chi connectivity index (χ1n) is 8.14. The van der Waals surface area contributed by atoms with Crippen molar-refractivity contribution in [3.8, 4) is 0 Å². The van der Waals surface area contributed by atoms with Crippen LogP contribution in [0.1, 0.15) is 13.8 Å². The lowest BCUT2D eigenvalue weighted by atomic mass is 10.2. The third-order valence-electron chi connectivity index (χ3n) is 3.92. The summed E-state index contributed by atoms with van der Waals surface area (Å²) in [5.41, 5.74) is 0. The van der Waals surface area contributed by atoms with Crippen molar-refractivity contribution in [1.29, 1.82) is 0 Å². The van der Waals surface area contributed by atoms with Gasteiger partial charge in [0.15, 0.2) is 0 Å². The molecule has 0 unspecified atom stereocenters. The van der Waals surface area contributed by atoms with Gasteiger partial charge in [-0.05, 0) is 24.1 Å². The van der Waals surface area contributed by atoms with Gasteiger partial charge in [0.2, 0.25) is 15.9 Å². The second kappa shape index (κ2) is 8.20. The fraction of sp³-hybridized carbons (Fsp3) is 0.562. The maximum Gasteiger partial charge on any atom is 0.246 e. The Bertz CT molecular complexity index is 717. The van der Waals surface area contributed by atoms with Crippen molar-refractivity contribution >= 4 is 15.9 Å². The number of hydrogen-bond acceptors (Lipinski definition) is 4. The molecule has 1 aromatic rings. The van der Waals surface area contributed by atoms with E-state index in [1.807, 2.05) is 18.7 Å². The van der Waals surface area contributed by atoms with Gasteiger partial charge in [0.25, 0.3) is 0 Å². The molecule has 1 N–H and O–H groups in total. The lowest BCUT2D eigenvalue weighted by Crippen LogP contribution is -2.51. The zero-order valence-corrected chi connectivity index (χ0v) is 15.2. The maximum absolute atomic E-state index is 13.8. The summed E-state index contributed by atoms with van der Waals surface area (Å²) < 4.78 is 53.2. The van der Waals surface area contributed by atoms with Crippen LogP contribution in [0.25, 0.3) is 0 Å². The van der Waals surface area contributed by atoms with Gasteiger partial charge in [-0.3, -0.25) is 9.69 Å². The smallest absolute Gasteiger partial charge is 0.246 e. The molecule has 0 spiro atoms. The zero-order valence-electron chi connectivity index (χ0n) is 14.3. The molecular formula is C16H23F2N3O3S. The average Bonchev–Trinajstić information content (AvgIpc) is 2.55. The topological polar surface area (TPSA) is 69.7 Å². The molecule has 1 saturated heterocycles. The molecule has 1 aromatic carbocycles. The van der Waals surface area contributed by atoms with Crippen molar-refractivity contribution in [2.24, 2.45) is 5.92 Å². The van der Waals surface area contributed by atoms with Crippen LogP contribution in [0.2, 0.25) is 0 Å². The van der Waals surface area contributed by atoms with Crippen LogP contribution >= 0.6 is 0 Å². The van der Waals surface area contributed by atoms with Crippen molar-refractivity contribution in [3.63, 3.8) is 0 Å². The van der Waals surface area contributed by atoms with Gasteiger partial charge in [-0.25, -0.2) is 17.2 Å². The van der Waals surface area contributed by atoms with E-state index in [1.165, 1.54) is 0 Å². The Balaban J connectivity index is 1.95. The van der Waals surface area contributed by atoms with Crippen LogP contribution < -0.4 is 5.32 Å². The predicted molar refractivity (Wildman–Crippen MR) is 89.4 cm³/mol. The molecule has 25 heavy (non-hydrogen) atoms. The molecule has 0 aromatic heterocycles. The Hall–Kier alpha value is -1.58. The highest BCUT2D eigenvalue weighted by molar-refractivity contribution is 7.89. The Morgan fingerprint density at radius 3 is 2.44 bits per heavy atom. The van der Waals surface area contributed by atoms with E-state index in [2.05, 4.69) is 5.32 Å². The lowest BCUT2D eigenvalue weighted by molar-refractivity contribution is -0.122. The normalized spacial score (nSPS) is 17.0. The van der Waals surface area contributed by atoms with Gasteiger partial charge in [-0.1, -0.05) is 13.8 Å². The number of sulfonamides is 1. The third-order valence-corrected chi connectivity index (χ3v) is 5.83. The summed E-state index contributed by atoms with van der Waals surface area (Å²) in [7, 11) is -4.10. The summed E-state index contributed by atoms with van der Waals surface area (Å²) >= 11 is 0. The van der Waals surface area contributed by atoms with Gasteiger partial charge >= 0.3 is 0 Å². The summed E-state index contributed by atoms with van der Waals surface area (Å²) in [6, 6.07) is 2.37. The van der Waals surface area contributed by atoms with Crippen LogP contribution in [0.4, 0.5) is 8.78 Å². The predicted octanol–water partition coefficient (Wildman–Crippen LogP) is 1.04. The van der Waals surface area contributed by atoms with Gasteiger partial charge in [-0.15, -0.1) is 0 Å². The Labute approximate surface area is 146 Å². The minimum atomic E-state index is -4.10. The van der Waals surface area contributed by atoms with Crippen LogP contribution in [0.5, 0.6) is 0 Å². The van der Waals surface area contributed by atoms with Gasteiger partial charge in [-0.2, -0.15) is 4.31 Å². The quantitative estimate of drug-likeness (QED) is 0.807. The Kier molecular flexibility index (Phi) is 6.47. The molecule has 0 bridgehead atoms. The van der Waals surface area contributed by atoms with Gasteiger partial charge in [0.1, 0.15) is 16.5 Å². The number of benzene rings is 1. The van der Waals surface area contributed by atoms with Gasteiger partial charge in [0, 0.05) is 32.7 Å². The number of rotatable bonds is 6. The summed E-state index contributed by atoms with van der Waals surface area (Å²) in [6.07, 6.45) is 0. The van der Waals surface area contributed by atoms with E-state index in [-0.39, 0.29) is 25.5 Å². The minimum absolute atomic E-state index is 0.110. The van der Waals surface area contributed by atoms with Crippen LogP contribution in [-0.2, 0) is 14.8 Å². The van der Waals surface area contributed by atoms with Crippen molar-refractivity contribution in [3.05, 3.63) is 29.8 Å². The van der Waals surface area contributed by atoms with E-state index >= 15 is 0 Å². The fourth-order valence-corrected chi connectivity index (χ4v) is 4.02. The third kappa shape index (κ3) is 5.20. The van der Waals surface area contributed by atoms with E-state index < -0.39 is 26.6 Å². The second-order valence-corrected chi connectivity index (χ2v) is 8.36. The van der Waals surface area contributed by atoms with Crippen molar-refractivity contribution in [1.82, 2.24) is 14.5 Å². The molecule has 1 heterocycles. The number of carbonyl (C=O) groups is 1. The number of nitrogens with one attached hydrogen (secondary N) is 1. The van der Waals surface area contributed by atoms with E-state index in [1.54, 1.807) is 0 Å². The number of amides is 1. The first-order valence-corrected chi connectivity index (χ1v) is 9.58. The van der Waals surface area contributed by atoms with Crippen LogP contribution in [0.15, 0.2) is 23.1 Å². The van der Waals surface area contributed by atoms with E-state index in [9.17, 15) is 22.0 Å². The lowest BCUT2D eigenvalue weighted by Gasteiger charge is -2.33. The average molecular weight is 375 g/mol. The highest BCUT2D eigenvalue weighted by Crippen LogP contribution is 2.21. The van der Waals surface area contributed by atoms with Gasteiger partial charge in [0.05, 0.1) is 6.54 Å². The molecule has 0 radical (unpaired) electrons. The molecule has 0 atom stereocenters.